The van der Waals surface area contributed by atoms with Gasteiger partial charge in [-0.05, 0) is 23.8 Å². The molecule has 0 amide bonds. The van der Waals surface area contributed by atoms with Crippen LogP contribution in [-0.4, -0.2) is 37.3 Å². The predicted molar refractivity (Wildman–Crippen MR) is 71.9 cm³/mol. The van der Waals surface area contributed by atoms with E-state index in [1.165, 1.54) is 0 Å². The van der Waals surface area contributed by atoms with Crippen molar-refractivity contribution in [2.75, 3.05) is 26.2 Å². The van der Waals surface area contributed by atoms with Gasteiger partial charge in [-0.2, -0.15) is 26.3 Å². The molecule has 0 aliphatic carbocycles. The van der Waals surface area contributed by atoms with Crippen LogP contribution in [0.15, 0.2) is 18.2 Å². The fraction of sp³-hybridized carbons (Fsp3) is 0.538. The van der Waals surface area contributed by atoms with Crippen molar-refractivity contribution < 1.29 is 30.7 Å². The quantitative estimate of drug-likeness (QED) is 0.802. The largest absolute Gasteiger partial charge is 0.416 e. The number of piperazine rings is 1. The summed E-state index contributed by atoms with van der Waals surface area (Å²) in [5.41, 5.74) is -2.16. The Balaban J connectivity index is 0.00000264. The highest BCUT2D eigenvalue weighted by atomic mass is 35.5. The molecular formula is C13H14ClF7N2. The topological polar surface area (TPSA) is 15.3 Å². The fourth-order valence-corrected chi connectivity index (χ4v) is 2.48. The van der Waals surface area contributed by atoms with Gasteiger partial charge in [-0.15, -0.1) is 12.4 Å². The number of benzene rings is 1. The van der Waals surface area contributed by atoms with Crippen molar-refractivity contribution >= 4 is 12.4 Å². The zero-order chi connectivity index (χ0) is 16.5. The first-order valence-corrected chi connectivity index (χ1v) is 6.48. The Hall–Kier alpha value is -1.06. The average molecular weight is 367 g/mol. The normalized spacial score (nSPS) is 18.4. The SMILES string of the molecule is Cl.Fc1cc([C@@H](N2CCNCC2)C(F)(F)F)cc(C(F)(F)F)c1. The average Bonchev–Trinajstić information content (AvgIpc) is 2.36. The van der Waals surface area contributed by atoms with Crippen LogP contribution in [0.25, 0.3) is 0 Å². The van der Waals surface area contributed by atoms with E-state index >= 15 is 0 Å². The van der Waals surface area contributed by atoms with Gasteiger partial charge in [0.25, 0.3) is 0 Å². The second-order valence-electron chi connectivity index (χ2n) is 5.00. The van der Waals surface area contributed by atoms with Gasteiger partial charge in [0.2, 0.25) is 0 Å². The molecule has 0 spiro atoms. The number of hydrogen-bond donors (Lipinski definition) is 1. The summed E-state index contributed by atoms with van der Waals surface area (Å²) in [6, 6.07) is -1.20. The maximum Gasteiger partial charge on any atom is 0.416 e. The van der Waals surface area contributed by atoms with E-state index in [9.17, 15) is 30.7 Å². The van der Waals surface area contributed by atoms with E-state index in [0.29, 0.717) is 12.1 Å². The molecule has 1 aliphatic heterocycles. The Morgan fingerprint density at radius 3 is 2.00 bits per heavy atom. The molecule has 1 aromatic rings. The van der Waals surface area contributed by atoms with Crippen molar-refractivity contribution in [1.29, 1.82) is 0 Å². The van der Waals surface area contributed by atoms with Crippen LogP contribution in [-0.2, 0) is 6.18 Å². The van der Waals surface area contributed by atoms with E-state index in [0.717, 1.165) is 4.90 Å². The van der Waals surface area contributed by atoms with Gasteiger partial charge in [0.1, 0.15) is 11.9 Å². The molecule has 2 nitrogen and oxygen atoms in total. The summed E-state index contributed by atoms with van der Waals surface area (Å²) in [6.45, 7) is 0.603. The van der Waals surface area contributed by atoms with Gasteiger partial charge in [0.15, 0.2) is 0 Å². The molecule has 0 bridgehead atoms. The minimum atomic E-state index is -4.91. The highest BCUT2D eigenvalue weighted by Gasteiger charge is 2.46. The zero-order valence-corrected chi connectivity index (χ0v) is 12.5. The van der Waals surface area contributed by atoms with Gasteiger partial charge >= 0.3 is 12.4 Å². The third-order valence-electron chi connectivity index (χ3n) is 3.39. The smallest absolute Gasteiger partial charge is 0.314 e. The standard InChI is InChI=1S/C13H13F7N2.ClH/c14-10-6-8(5-9(7-10)12(15,16)17)11(13(18,19)20)22-3-1-21-2-4-22;/h5-7,11,21H,1-4H2;1H/t11-;/m1./s1. The van der Waals surface area contributed by atoms with E-state index < -0.39 is 35.3 Å². The zero-order valence-electron chi connectivity index (χ0n) is 11.6. The first-order chi connectivity index (χ1) is 10.1. The minimum absolute atomic E-state index is 0. The summed E-state index contributed by atoms with van der Waals surface area (Å²) in [5, 5.41) is 2.86. The van der Waals surface area contributed by atoms with Crippen LogP contribution in [0, 0.1) is 5.82 Å². The summed E-state index contributed by atoms with van der Waals surface area (Å²) in [5.74, 6) is -1.34. The monoisotopic (exact) mass is 366 g/mol. The van der Waals surface area contributed by atoms with Crippen molar-refractivity contribution in [1.82, 2.24) is 10.2 Å². The van der Waals surface area contributed by atoms with E-state index in [2.05, 4.69) is 5.32 Å². The van der Waals surface area contributed by atoms with Crippen LogP contribution in [0.4, 0.5) is 30.7 Å². The molecular weight excluding hydrogens is 353 g/mol. The van der Waals surface area contributed by atoms with Crippen molar-refractivity contribution in [2.45, 2.75) is 18.4 Å². The molecule has 23 heavy (non-hydrogen) atoms. The van der Waals surface area contributed by atoms with E-state index in [1.54, 1.807) is 0 Å². The number of rotatable bonds is 2. The first kappa shape index (κ1) is 20.0. The molecule has 0 unspecified atom stereocenters. The molecule has 0 saturated carbocycles. The van der Waals surface area contributed by atoms with Crippen LogP contribution in [0.3, 0.4) is 0 Å². The van der Waals surface area contributed by atoms with Gasteiger partial charge in [0.05, 0.1) is 5.56 Å². The molecule has 10 heteroatoms. The van der Waals surface area contributed by atoms with Crippen LogP contribution in [0.5, 0.6) is 0 Å². The second-order valence-corrected chi connectivity index (χ2v) is 5.00. The lowest BCUT2D eigenvalue weighted by Crippen LogP contribution is -2.49. The maximum absolute atomic E-state index is 13.4. The lowest BCUT2D eigenvalue weighted by Gasteiger charge is -2.36. The lowest BCUT2D eigenvalue weighted by atomic mass is 10.0. The van der Waals surface area contributed by atoms with E-state index in [1.807, 2.05) is 0 Å². The van der Waals surface area contributed by atoms with Gasteiger partial charge in [-0.3, -0.25) is 4.90 Å². The van der Waals surface area contributed by atoms with Crippen molar-refractivity contribution in [2.24, 2.45) is 0 Å². The van der Waals surface area contributed by atoms with Crippen LogP contribution in [0.1, 0.15) is 17.2 Å². The maximum atomic E-state index is 13.4. The van der Waals surface area contributed by atoms with Crippen LogP contribution >= 0.6 is 12.4 Å². The molecule has 1 heterocycles. The van der Waals surface area contributed by atoms with Gasteiger partial charge in [0, 0.05) is 26.2 Å². The summed E-state index contributed by atoms with van der Waals surface area (Å²) in [4.78, 5) is 1.01. The fourth-order valence-electron chi connectivity index (χ4n) is 2.48. The van der Waals surface area contributed by atoms with Gasteiger partial charge in [-0.1, -0.05) is 0 Å². The highest BCUT2D eigenvalue weighted by Crippen LogP contribution is 2.40. The van der Waals surface area contributed by atoms with Crippen molar-refractivity contribution in [3.8, 4) is 0 Å². The molecule has 132 valence electrons. The Morgan fingerprint density at radius 1 is 0.957 bits per heavy atom. The molecule has 1 aliphatic rings. The Bertz CT molecular complexity index is 524. The Morgan fingerprint density at radius 2 is 1.52 bits per heavy atom. The van der Waals surface area contributed by atoms with Gasteiger partial charge < -0.3 is 5.32 Å². The Kier molecular flexibility index (Phi) is 6.28. The molecule has 1 atom stereocenters. The molecule has 1 saturated heterocycles. The summed E-state index contributed by atoms with van der Waals surface area (Å²) >= 11 is 0. The number of alkyl halides is 6. The van der Waals surface area contributed by atoms with E-state index in [4.69, 9.17) is 0 Å². The van der Waals surface area contributed by atoms with Crippen LogP contribution < -0.4 is 5.32 Å². The second kappa shape index (κ2) is 7.23. The predicted octanol–water partition coefficient (Wildman–Crippen LogP) is 3.77. The number of halogens is 8. The highest BCUT2D eigenvalue weighted by molar-refractivity contribution is 5.85. The number of nitrogens with zero attached hydrogens (tertiary/aromatic N) is 1. The number of hydrogen-bond acceptors (Lipinski definition) is 2. The van der Waals surface area contributed by atoms with Crippen LogP contribution in [0.2, 0.25) is 0 Å². The molecule has 1 fully saturated rings. The van der Waals surface area contributed by atoms with Gasteiger partial charge in [-0.25, -0.2) is 4.39 Å². The molecule has 2 rings (SSSR count). The lowest BCUT2D eigenvalue weighted by molar-refractivity contribution is -0.188. The third kappa shape index (κ3) is 4.95. The summed E-state index contributed by atoms with van der Waals surface area (Å²) in [7, 11) is 0. The summed E-state index contributed by atoms with van der Waals surface area (Å²) in [6.07, 6.45) is -9.70. The van der Waals surface area contributed by atoms with Crippen molar-refractivity contribution in [3.05, 3.63) is 35.1 Å². The molecule has 0 aromatic heterocycles. The summed E-state index contributed by atoms with van der Waals surface area (Å²) < 4.78 is 91.3. The molecule has 0 radical (unpaired) electrons. The first-order valence-electron chi connectivity index (χ1n) is 6.48. The molecule has 1 N–H and O–H groups in total. The van der Waals surface area contributed by atoms with E-state index in [-0.39, 0.29) is 44.7 Å². The Labute approximate surface area is 134 Å². The minimum Gasteiger partial charge on any atom is -0.314 e. The van der Waals surface area contributed by atoms with Crippen molar-refractivity contribution in [3.63, 3.8) is 0 Å². The third-order valence-corrected chi connectivity index (χ3v) is 3.39. The number of nitrogens with one attached hydrogen (secondary N) is 1. The molecule has 1 aromatic carbocycles.